The number of likely N-dealkylation sites (N-methyl/N-ethyl adjacent to an activating group) is 1. The van der Waals surface area contributed by atoms with Crippen LogP contribution < -0.4 is 5.73 Å². The minimum Gasteiger partial charge on any atom is -0.381 e. The van der Waals surface area contributed by atoms with Gasteiger partial charge in [0.1, 0.15) is 0 Å². The van der Waals surface area contributed by atoms with E-state index in [9.17, 15) is 4.79 Å². The lowest BCUT2D eigenvalue weighted by Gasteiger charge is -2.36. The molecule has 0 aromatic carbocycles. The molecular formula is C15H29ClN2O2. The van der Waals surface area contributed by atoms with E-state index in [0.29, 0.717) is 5.92 Å². The van der Waals surface area contributed by atoms with Crippen LogP contribution in [0.5, 0.6) is 0 Å². The van der Waals surface area contributed by atoms with Gasteiger partial charge in [-0.25, -0.2) is 0 Å². The Labute approximate surface area is 128 Å². The number of nitrogens with two attached hydrogens (primary N) is 1. The number of carbonyl (C=O) groups is 1. The van der Waals surface area contributed by atoms with Crippen LogP contribution in [-0.4, -0.2) is 43.2 Å². The Bertz CT molecular complexity index is 300. The normalized spacial score (nSPS) is 22.9. The van der Waals surface area contributed by atoms with Gasteiger partial charge >= 0.3 is 0 Å². The fourth-order valence-electron chi connectivity index (χ4n) is 3.29. The van der Waals surface area contributed by atoms with Gasteiger partial charge in [-0.05, 0) is 38.0 Å². The number of hydrogen-bond donors (Lipinski definition) is 1. The molecule has 2 aliphatic rings. The predicted molar refractivity (Wildman–Crippen MR) is 83.0 cm³/mol. The topological polar surface area (TPSA) is 55.6 Å². The van der Waals surface area contributed by atoms with Crippen LogP contribution in [0.25, 0.3) is 0 Å². The highest BCUT2D eigenvalue weighted by Crippen LogP contribution is 2.28. The van der Waals surface area contributed by atoms with Crippen LogP contribution in [0.15, 0.2) is 0 Å². The second-order valence-corrected chi connectivity index (χ2v) is 6.29. The third kappa shape index (κ3) is 4.61. The van der Waals surface area contributed by atoms with Crippen LogP contribution in [0.2, 0.25) is 0 Å². The van der Waals surface area contributed by atoms with Crippen molar-refractivity contribution in [3.05, 3.63) is 0 Å². The van der Waals surface area contributed by atoms with Crippen LogP contribution >= 0.6 is 12.4 Å². The molecule has 118 valence electrons. The lowest BCUT2D eigenvalue weighted by Crippen LogP contribution is -2.55. The molecule has 1 amide bonds. The molecule has 0 aromatic rings. The van der Waals surface area contributed by atoms with E-state index in [2.05, 4.69) is 0 Å². The van der Waals surface area contributed by atoms with Crippen molar-refractivity contribution in [1.82, 2.24) is 4.90 Å². The van der Waals surface area contributed by atoms with Crippen molar-refractivity contribution in [2.75, 3.05) is 26.8 Å². The van der Waals surface area contributed by atoms with Gasteiger partial charge in [0.25, 0.3) is 0 Å². The highest BCUT2D eigenvalue weighted by atomic mass is 35.5. The van der Waals surface area contributed by atoms with E-state index in [4.69, 9.17) is 10.5 Å². The summed E-state index contributed by atoms with van der Waals surface area (Å²) in [6.45, 7) is 2.59. The quantitative estimate of drug-likeness (QED) is 0.867. The molecule has 2 N–H and O–H groups in total. The lowest BCUT2D eigenvalue weighted by molar-refractivity contribution is -0.137. The molecule has 4 nitrogen and oxygen atoms in total. The second kappa shape index (κ2) is 8.20. The molecule has 20 heavy (non-hydrogen) atoms. The first-order valence-electron chi connectivity index (χ1n) is 7.74. The molecule has 0 bridgehead atoms. The smallest absolute Gasteiger partial charge is 0.242 e. The minimum atomic E-state index is -0.581. The molecular weight excluding hydrogens is 276 g/mol. The van der Waals surface area contributed by atoms with Gasteiger partial charge in [-0.1, -0.05) is 19.3 Å². The van der Waals surface area contributed by atoms with Crippen LogP contribution in [0, 0.1) is 5.92 Å². The fraction of sp³-hybridized carbons (Fsp3) is 0.933. The average molecular weight is 305 g/mol. The van der Waals surface area contributed by atoms with E-state index >= 15 is 0 Å². The van der Waals surface area contributed by atoms with E-state index < -0.39 is 5.54 Å². The summed E-state index contributed by atoms with van der Waals surface area (Å²) >= 11 is 0. The monoisotopic (exact) mass is 304 g/mol. The van der Waals surface area contributed by atoms with Gasteiger partial charge in [0, 0.05) is 26.8 Å². The Morgan fingerprint density at radius 1 is 1.25 bits per heavy atom. The summed E-state index contributed by atoms with van der Waals surface area (Å²) in [4.78, 5) is 14.3. The van der Waals surface area contributed by atoms with Crippen molar-refractivity contribution in [2.24, 2.45) is 11.7 Å². The summed E-state index contributed by atoms with van der Waals surface area (Å²) in [6, 6.07) is 0. The first kappa shape index (κ1) is 17.7. The molecule has 2 rings (SSSR count). The molecule has 5 heteroatoms. The van der Waals surface area contributed by atoms with Gasteiger partial charge in [-0.3, -0.25) is 4.79 Å². The maximum absolute atomic E-state index is 12.5. The second-order valence-electron chi connectivity index (χ2n) is 6.29. The molecule has 0 spiro atoms. The summed E-state index contributed by atoms with van der Waals surface area (Å²) in [6.07, 6.45) is 8.47. The zero-order valence-corrected chi connectivity index (χ0v) is 13.4. The number of amides is 1. The van der Waals surface area contributed by atoms with E-state index in [0.717, 1.165) is 64.7 Å². The van der Waals surface area contributed by atoms with Crippen LogP contribution in [0.1, 0.15) is 51.4 Å². The molecule has 2 fully saturated rings. The molecule has 0 unspecified atom stereocenters. The Hall–Kier alpha value is -0.320. The van der Waals surface area contributed by atoms with Crippen molar-refractivity contribution in [1.29, 1.82) is 0 Å². The maximum atomic E-state index is 12.5. The van der Waals surface area contributed by atoms with Crippen molar-refractivity contribution in [2.45, 2.75) is 56.9 Å². The van der Waals surface area contributed by atoms with Crippen LogP contribution in [0.3, 0.4) is 0 Å². The number of hydrogen-bond acceptors (Lipinski definition) is 3. The molecule has 1 aliphatic heterocycles. The molecule has 0 atom stereocenters. The SMILES string of the molecule is CN(CCC1CCOCC1)C(=O)C1(N)CCCCC1.Cl. The maximum Gasteiger partial charge on any atom is 0.242 e. The standard InChI is InChI=1S/C15H28N2O2.ClH/c1-17(10-5-13-6-11-19-12-7-13)14(18)15(16)8-3-2-4-9-15;/h13H,2-12,16H2,1H3;1H. The molecule has 1 saturated heterocycles. The average Bonchev–Trinajstić information content (AvgIpc) is 2.46. The Morgan fingerprint density at radius 3 is 2.45 bits per heavy atom. The summed E-state index contributed by atoms with van der Waals surface area (Å²) < 4.78 is 5.36. The minimum absolute atomic E-state index is 0. The summed E-state index contributed by atoms with van der Waals surface area (Å²) in [7, 11) is 1.91. The van der Waals surface area contributed by atoms with E-state index in [-0.39, 0.29) is 18.3 Å². The molecule has 1 heterocycles. The van der Waals surface area contributed by atoms with Gasteiger partial charge in [0.15, 0.2) is 0 Å². The van der Waals surface area contributed by atoms with Crippen molar-refractivity contribution in [3.63, 3.8) is 0 Å². The van der Waals surface area contributed by atoms with Gasteiger partial charge < -0.3 is 15.4 Å². The highest BCUT2D eigenvalue weighted by Gasteiger charge is 2.37. The summed E-state index contributed by atoms with van der Waals surface area (Å²) in [5, 5.41) is 0. The molecule has 1 saturated carbocycles. The van der Waals surface area contributed by atoms with Crippen molar-refractivity contribution >= 4 is 18.3 Å². The largest absolute Gasteiger partial charge is 0.381 e. The van der Waals surface area contributed by atoms with Gasteiger partial charge in [-0.15, -0.1) is 12.4 Å². The highest BCUT2D eigenvalue weighted by molar-refractivity contribution is 5.86. The first-order chi connectivity index (χ1) is 9.12. The third-order valence-corrected chi connectivity index (χ3v) is 4.73. The van der Waals surface area contributed by atoms with Crippen LogP contribution in [0.4, 0.5) is 0 Å². The first-order valence-corrected chi connectivity index (χ1v) is 7.74. The van der Waals surface area contributed by atoms with Gasteiger partial charge in [-0.2, -0.15) is 0 Å². The third-order valence-electron chi connectivity index (χ3n) is 4.73. The molecule has 0 radical (unpaired) electrons. The number of nitrogens with zero attached hydrogens (tertiary/aromatic N) is 1. The zero-order valence-electron chi connectivity index (χ0n) is 12.6. The summed E-state index contributed by atoms with van der Waals surface area (Å²) in [5.74, 6) is 0.864. The fourth-order valence-corrected chi connectivity index (χ4v) is 3.29. The molecule has 0 aromatic heterocycles. The Morgan fingerprint density at radius 2 is 1.85 bits per heavy atom. The van der Waals surface area contributed by atoms with E-state index in [1.54, 1.807) is 0 Å². The predicted octanol–water partition coefficient (Wildman–Crippen LogP) is 2.34. The van der Waals surface area contributed by atoms with Gasteiger partial charge in [0.05, 0.1) is 5.54 Å². The van der Waals surface area contributed by atoms with E-state index in [1.807, 2.05) is 11.9 Å². The molecule has 1 aliphatic carbocycles. The van der Waals surface area contributed by atoms with Gasteiger partial charge in [0.2, 0.25) is 5.91 Å². The number of carbonyl (C=O) groups excluding carboxylic acids is 1. The Kier molecular flexibility index (Phi) is 7.27. The van der Waals surface area contributed by atoms with Crippen molar-refractivity contribution in [3.8, 4) is 0 Å². The zero-order chi connectivity index (χ0) is 13.7. The number of rotatable bonds is 4. The Balaban J connectivity index is 0.00000200. The van der Waals surface area contributed by atoms with Crippen molar-refractivity contribution < 1.29 is 9.53 Å². The van der Waals surface area contributed by atoms with Crippen LogP contribution in [-0.2, 0) is 9.53 Å². The number of halogens is 1. The lowest BCUT2D eigenvalue weighted by atomic mass is 9.81. The van der Waals surface area contributed by atoms with E-state index in [1.165, 1.54) is 6.42 Å². The number of ether oxygens (including phenoxy) is 1. The summed E-state index contributed by atoms with van der Waals surface area (Å²) in [5.41, 5.74) is 5.72.